The first-order chi connectivity index (χ1) is 11.8. The molecule has 2 aliphatic rings. The lowest BCUT2D eigenvalue weighted by atomic mass is 10.1. The number of furan rings is 1. The predicted octanol–water partition coefficient (Wildman–Crippen LogP) is 3.96. The van der Waals surface area contributed by atoms with E-state index in [0.29, 0.717) is 18.3 Å². The molecule has 2 aliphatic heterocycles. The van der Waals surface area contributed by atoms with Crippen LogP contribution >= 0.6 is 11.3 Å². The van der Waals surface area contributed by atoms with Gasteiger partial charge in [0.15, 0.2) is 5.13 Å². The molecular weight excluding hydrogens is 326 g/mol. The molecule has 6 nitrogen and oxygen atoms in total. The lowest BCUT2D eigenvalue weighted by Crippen LogP contribution is -2.37. The Bertz CT molecular complexity index is 675. The largest absolute Gasteiger partial charge is 0.467 e. The molecule has 1 fully saturated rings. The third-order valence-corrected chi connectivity index (χ3v) is 5.58. The van der Waals surface area contributed by atoms with Crippen LogP contribution in [0.4, 0.5) is 9.93 Å². The number of ether oxygens (including phenoxy) is 1. The highest BCUT2D eigenvalue weighted by molar-refractivity contribution is 7.15. The van der Waals surface area contributed by atoms with Crippen molar-refractivity contribution in [3.63, 3.8) is 0 Å². The minimum absolute atomic E-state index is 0.000389. The predicted molar refractivity (Wildman–Crippen MR) is 91.1 cm³/mol. The van der Waals surface area contributed by atoms with Gasteiger partial charge in [0.25, 0.3) is 0 Å². The Balaban J connectivity index is 1.51. The molecule has 4 heterocycles. The maximum atomic E-state index is 12.8. The average molecular weight is 347 g/mol. The van der Waals surface area contributed by atoms with Crippen LogP contribution in [0.2, 0.25) is 0 Å². The van der Waals surface area contributed by atoms with Crippen LogP contribution in [0.3, 0.4) is 0 Å². The number of anilines is 1. The Labute approximate surface area is 144 Å². The fraction of sp³-hybridized carbons (Fsp3) is 0.529. The van der Waals surface area contributed by atoms with E-state index in [0.717, 1.165) is 55.0 Å². The third-order valence-electron chi connectivity index (χ3n) is 4.59. The second-order valence-electron chi connectivity index (χ2n) is 6.20. The fourth-order valence-corrected chi connectivity index (χ4v) is 4.31. The van der Waals surface area contributed by atoms with Crippen LogP contribution in [-0.2, 0) is 17.8 Å². The molecule has 0 bridgehead atoms. The summed E-state index contributed by atoms with van der Waals surface area (Å²) in [5, 5.41) is 3.65. The van der Waals surface area contributed by atoms with Crippen molar-refractivity contribution >= 4 is 22.5 Å². The first-order valence-corrected chi connectivity index (χ1v) is 9.30. The minimum atomic E-state index is -0.0923. The monoisotopic (exact) mass is 347 g/mol. The number of urea groups is 1. The molecule has 2 aromatic heterocycles. The molecule has 0 spiro atoms. The number of hydrogen-bond acceptors (Lipinski definition) is 5. The first kappa shape index (κ1) is 15.7. The summed E-state index contributed by atoms with van der Waals surface area (Å²) in [7, 11) is 0. The highest BCUT2D eigenvalue weighted by atomic mass is 32.1. The number of fused-ring (bicyclic) bond motifs is 1. The molecule has 4 rings (SSSR count). The van der Waals surface area contributed by atoms with E-state index in [1.165, 1.54) is 11.3 Å². The van der Waals surface area contributed by atoms with Crippen molar-refractivity contribution in [2.24, 2.45) is 0 Å². The van der Waals surface area contributed by atoms with Crippen LogP contribution in [0.5, 0.6) is 0 Å². The maximum Gasteiger partial charge on any atom is 0.324 e. The normalized spacial score (nSPS) is 21.2. The molecule has 1 saturated heterocycles. The summed E-state index contributed by atoms with van der Waals surface area (Å²) in [5.74, 6) is 0.860. The molecule has 1 unspecified atom stereocenters. The van der Waals surface area contributed by atoms with Gasteiger partial charge >= 0.3 is 6.03 Å². The molecule has 1 N–H and O–H groups in total. The number of carbonyl (C=O) groups is 1. The van der Waals surface area contributed by atoms with Crippen LogP contribution in [0.15, 0.2) is 22.8 Å². The Morgan fingerprint density at radius 3 is 3.17 bits per heavy atom. The van der Waals surface area contributed by atoms with Gasteiger partial charge in [0, 0.05) is 13.0 Å². The zero-order chi connectivity index (χ0) is 16.4. The summed E-state index contributed by atoms with van der Waals surface area (Å²) < 4.78 is 11.0. The van der Waals surface area contributed by atoms with Crippen molar-refractivity contribution in [1.82, 2.24) is 9.88 Å². The van der Waals surface area contributed by atoms with Gasteiger partial charge in [0.2, 0.25) is 0 Å². The zero-order valence-electron chi connectivity index (χ0n) is 13.5. The summed E-state index contributed by atoms with van der Waals surface area (Å²) in [4.78, 5) is 20.4. The number of hydrogen-bond donors (Lipinski definition) is 1. The molecule has 1 atom stereocenters. The van der Waals surface area contributed by atoms with Gasteiger partial charge in [-0.25, -0.2) is 9.78 Å². The van der Waals surface area contributed by atoms with E-state index >= 15 is 0 Å². The quantitative estimate of drug-likeness (QED) is 0.893. The number of likely N-dealkylation sites (tertiary alicyclic amines) is 1. The number of nitrogens with zero attached hydrogens (tertiary/aromatic N) is 2. The van der Waals surface area contributed by atoms with Gasteiger partial charge in [-0.1, -0.05) is 24.2 Å². The van der Waals surface area contributed by atoms with Crippen LogP contribution in [0.25, 0.3) is 0 Å². The van der Waals surface area contributed by atoms with Crippen molar-refractivity contribution in [2.75, 3.05) is 18.5 Å². The van der Waals surface area contributed by atoms with Gasteiger partial charge in [-0.15, -0.1) is 0 Å². The molecule has 0 saturated carbocycles. The Morgan fingerprint density at radius 2 is 2.33 bits per heavy atom. The summed E-state index contributed by atoms with van der Waals surface area (Å²) in [6, 6.07) is 3.74. The molecule has 0 aromatic carbocycles. The lowest BCUT2D eigenvalue weighted by Gasteiger charge is -2.28. The Morgan fingerprint density at radius 1 is 1.38 bits per heavy atom. The van der Waals surface area contributed by atoms with E-state index in [1.54, 1.807) is 6.26 Å². The number of amides is 2. The lowest BCUT2D eigenvalue weighted by molar-refractivity contribution is 0.112. The van der Waals surface area contributed by atoms with Gasteiger partial charge in [0.1, 0.15) is 5.76 Å². The third kappa shape index (κ3) is 3.18. The van der Waals surface area contributed by atoms with E-state index < -0.39 is 0 Å². The van der Waals surface area contributed by atoms with Crippen molar-refractivity contribution in [3.8, 4) is 0 Å². The standard InChI is InChI=1S/C17H21N3O3S/c21-17(19-16-18-12-7-10-22-11-15(12)24-16)20-8-3-1-2-5-13(20)14-6-4-9-23-14/h4,6,9,13H,1-3,5,7-8,10-11H2,(H,18,19,21). The highest BCUT2D eigenvalue weighted by Gasteiger charge is 2.29. The Kier molecular flexibility index (Phi) is 4.53. The van der Waals surface area contributed by atoms with Crippen molar-refractivity contribution in [2.45, 2.75) is 44.8 Å². The van der Waals surface area contributed by atoms with Crippen molar-refractivity contribution in [1.29, 1.82) is 0 Å². The van der Waals surface area contributed by atoms with Crippen LogP contribution in [0, 0.1) is 0 Å². The molecule has 128 valence electrons. The number of thiazole rings is 1. The zero-order valence-corrected chi connectivity index (χ0v) is 14.3. The molecule has 0 radical (unpaired) electrons. The fourth-order valence-electron chi connectivity index (χ4n) is 3.37. The number of aromatic nitrogens is 1. The molecule has 24 heavy (non-hydrogen) atoms. The minimum Gasteiger partial charge on any atom is -0.467 e. The van der Waals surface area contributed by atoms with Gasteiger partial charge in [-0.3, -0.25) is 5.32 Å². The highest BCUT2D eigenvalue weighted by Crippen LogP contribution is 2.32. The molecule has 2 aromatic rings. The van der Waals surface area contributed by atoms with Crippen LogP contribution in [-0.4, -0.2) is 29.1 Å². The van der Waals surface area contributed by atoms with Crippen LogP contribution < -0.4 is 5.32 Å². The summed E-state index contributed by atoms with van der Waals surface area (Å²) in [5.41, 5.74) is 1.06. The van der Waals surface area contributed by atoms with E-state index in [1.807, 2.05) is 17.0 Å². The molecule has 7 heteroatoms. The van der Waals surface area contributed by atoms with E-state index in [9.17, 15) is 4.79 Å². The first-order valence-electron chi connectivity index (χ1n) is 8.48. The smallest absolute Gasteiger partial charge is 0.324 e. The number of carbonyl (C=O) groups excluding carboxylic acids is 1. The van der Waals surface area contributed by atoms with Crippen molar-refractivity contribution < 1.29 is 13.9 Å². The second-order valence-corrected chi connectivity index (χ2v) is 7.28. The van der Waals surface area contributed by atoms with Crippen molar-refractivity contribution in [3.05, 3.63) is 34.7 Å². The Hall–Kier alpha value is -1.86. The molecular formula is C17H21N3O3S. The van der Waals surface area contributed by atoms with Gasteiger partial charge in [0.05, 0.1) is 36.1 Å². The summed E-state index contributed by atoms with van der Waals surface area (Å²) in [6.07, 6.45) is 6.70. The topological polar surface area (TPSA) is 67.6 Å². The maximum absolute atomic E-state index is 12.8. The number of rotatable bonds is 2. The van der Waals surface area contributed by atoms with Gasteiger partial charge < -0.3 is 14.1 Å². The van der Waals surface area contributed by atoms with Crippen LogP contribution in [0.1, 0.15) is 48.1 Å². The second kappa shape index (κ2) is 6.94. The summed E-state index contributed by atoms with van der Waals surface area (Å²) >= 11 is 1.51. The summed E-state index contributed by atoms with van der Waals surface area (Å²) in [6.45, 7) is 2.05. The van der Waals surface area contributed by atoms with Gasteiger partial charge in [-0.05, 0) is 25.0 Å². The number of nitrogens with one attached hydrogen (secondary N) is 1. The van der Waals surface area contributed by atoms with E-state index in [4.69, 9.17) is 9.15 Å². The van der Waals surface area contributed by atoms with Gasteiger partial charge in [-0.2, -0.15) is 0 Å². The average Bonchev–Trinajstić information content (AvgIpc) is 3.18. The molecule has 2 amide bonds. The van der Waals surface area contributed by atoms with E-state index in [2.05, 4.69) is 10.3 Å². The SMILES string of the molecule is O=C(Nc1nc2c(s1)COCC2)N1CCCCCC1c1ccco1. The molecule has 0 aliphatic carbocycles. The van der Waals surface area contributed by atoms with E-state index in [-0.39, 0.29) is 12.1 Å².